The van der Waals surface area contributed by atoms with Crippen LogP contribution in [0.2, 0.25) is 0 Å². The molecule has 0 saturated heterocycles. The Kier molecular flexibility index (Phi) is 25.3. The highest BCUT2D eigenvalue weighted by molar-refractivity contribution is 9.10. The third-order valence-electron chi connectivity index (χ3n) is 2.54. The summed E-state index contributed by atoms with van der Waals surface area (Å²) in [5.74, 6) is -0.424. The highest BCUT2D eigenvalue weighted by atomic mass is 79.9. The number of nitrogens with zero attached hydrogens (tertiary/aromatic N) is 1. The van der Waals surface area contributed by atoms with E-state index >= 15 is 0 Å². The molecule has 0 aliphatic heterocycles. The van der Waals surface area contributed by atoms with Crippen LogP contribution < -0.4 is 0 Å². The Hall–Kier alpha value is -1.73. The Balaban J connectivity index is -0.000000241. The molecule has 1 rings (SSSR count). The van der Waals surface area contributed by atoms with Crippen molar-refractivity contribution in [2.45, 2.75) is 48.0 Å². The summed E-state index contributed by atoms with van der Waals surface area (Å²) in [4.78, 5) is 21.7. The number of benzene rings is 1. The van der Waals surface area contributed by atoms with E-state index in [-0.39, 0.29) is 12.1 Å². The molecule has 0 radical (unpaired) electrons. The summed E-state index contributed by atoms with van der Waals surface area (Å²) in [7, 11) is 2.29. The molecule has 0 heterocycles. The molecule has 1 aromatic carbocycles. The summed E-state index contributed by atoms with van der Waals surface area (Å²) in [6.07, 6.45) is 0.0179. The number of hydrogen-bond donors (Lipinski definition) is 1. The average molecular weight is 422 g/mol. The topological polar surface area (TPSA) is 89.7 Å². The van der Waals surface area contributed by atoms with Crippen LogP contribution in [0.1, 0.15) is 44.4 Å². The fourth-order valence-electron chi connectivity index (χ4n) is 1.68. The van der Waals surface area contributed by atoms with E-state index in [1.807, 2.05) is 27.7 Å². The van der Waals surface area contributed by atoms with Crippen LogP contribution in [-0.4, -0.2) is 30.2 Å². The highest BCUT2D eigenvalue weighted by Gasteiger charge is 2.21. The van der Waals surface area contributed by atoms with Gasteiger partial charge in [-0.15, -0.1) is 13.2 Å². The minimum absolute atomic E-state index is 0.0179. The van der Waals surface area contributed by atoms with Gasteiger partial charge >= 0.3 is 5.97 Å². The maximum absolute atomic E-state index is 11.2. The van der Waals surface area contributed by atoms with Crippen molar-refractivity contribution >= 4 is 27.6 Å². The molecule has 0 aliphatic rings. The number of carbonyl (C=O) groups excluding carboxylic acids is 1. The van der Waals surface area contributed by atoms with Crippen molar-refractivity contribution < 1.29 is 19.6 Å². The largest absolute Gasteiger partial charge is 0.469 e. The second-order valence-corrected chi connectivity index (χ2v) is 4.49. The summed E-state index contributed by atoms with van der Waals surface area (Å²) in [6, 6.07) is 1.64. The summed E-state index contributed by atoms with van der Waals surface area (Å²) in [5.41, 5.74) is 1.70. The van der Waals surface area contributed by atoms with Crippen LogP contribution in [0.4, 0.5) is 5.69 Å². The zero-order valence-corrected chi connectivity index (χ0v) is 18.2. The van der Waals surface area contributed by atoms with E-state index in [2.05, 4.69) is 33.8 Å². The van der Waals surface area contributed by atoms with E-state index in [1.54, 1.807) is 19.9 Å². The van der Waals surface area contributed by atoms with E-state index < -0.39 is 10.9 Å². The molecule has 0 saturated carbocycles. The number of aliphatic hydroxyl groups excluding tert-OH is 1. The molecule has 25 heavy (non-hydrogen) atoms. The Bertz CT molecular complexity index is 505. The fourth-order valence-corrected chi connectivity index (χ4v) is 2.46. The Morgan fingerprint density at radius 2 is 1.64 bits per heavy atom. The van der Waals surface area contributed by atoms with E-state index in [1.165, 1.54) is 7.11 Å². The number of esters is 1. The van der Waals surface area contributed by atoms with Crippen LogP contribution in [-0.2, 0) is 16.0 Å². The first-order chi connectivity index (χ1) is 11.9. The summed E-state index contributed by atoms with van der Waals surface area (Å²) in [6.45, 7) is 17.3. The van der Waals surface area contributed by atoms with Crippen molar-refractivity contribution in [2.24, 2.45) is 0 Å². The molecule has 0 fully saturated rings. The summed E-state index contributed by atoms with van der Waals surface area (Å²) < 4.78 is 5.25. The van der Waals surface area contributed by atoms with Gasteiger partial charge in [-0.05, 0) is 25.5 Å². The molecular weight excluding hydrogens is 390 g/mol. The van der Waals surface area contributed by atoms with Crippen LogP contribution >= 0.6 is 15.9 Å². The number of carbonyl (C=O) groups is 1. The molecule has 0 bridgehead atoms. The van der Waals surface area contributed by atoms with Gasteiger partial charge in [-0.1, -0.05) is 43.6 Å². The maximum Gasteiger partial charge on any atom is 0.310 e. The fraction of sp³-hybridized carbons (Fsp3) is 0.500. The lowest BCUT2D eigenvalue weighted by atomic mass is 10.0. The molecule has 7 heteroatoms. The van der Waals surface area contributed by atoms with E-state index in [0.29, 0.717) is 21.2 Å². The minimum Gasteiger partial charge on any atom is -0.469 e. The number of aliphatic hydroxyl groups is 1. The van der Waals surface area contributed by atoms with E-state index in [4.69, 9.17) is 5.11 Å². The predicted molar refractivity (Wildman–Crippen MR) is 108 cm³/mol. The van der Waals surface area contributed by atoms with Gasteiger partial charge in [0.2, 0.25) is 0 Å². The van der Waals surface area contributed by atoms with Gasteiger partial charge in [0.25, 0.3) is 5.69 Å². The van der Waals surface area contributed by atoms with Crippen molar-refractivity contribution in [3.05, 3.63) is 50.5 Å². The smallest absolute Gasteiger partial charge is 0.310 e. The molecule has 0 unspecified atom stereocenters. The zero-order chi connectivity index (χ0) is 21.2. The first-order valence-corrected chi connectivity index (χ1v) is 8.62. The molecular formula is C18H32BrNO5. The van der Waals surface area contributed by atoms with Gasteiger partial charge in [-0.3, -0.25) is 14.9 Å². The summed E-state index contributed by atoms with van der Waals surface area (Å²) >= 11 is 3.31. The third-order valence-corrected chi connectivity index (χ3v) is 3.25. The van der Waals surface area contributed by atoms with Crippen LogP contribution in [0, 0.1) is 24.0 Å². The lowest BCUT2D eigenvalue weighted by Crippen LogP contribution is -2.08. The van der Waals surface area contributed by atoms with Crippen LogP contribution in [0.15, 0.2) is 23.7 Å². The van der Waals surface area contributed by atoms with Gasteiger partial charge in [0.1, 0.15) is 0 Å². The second-order valence-electron chi connectivity index (χ2n) is 3.64. The number of nitro benzene ring substituents is 1. The van der Waals surface area contributed by atoms with E-state index in [0.717, 1.165) is 7.11 Å². The van der Waals surface area contributed by atoms with Gasteiger partial charge in [-0.25, -0.2) is 0 Å². The second kappa shape index (κ2) is 20.3. The van der Waals surface area contributed by atoms with Crippen molar-refractivity contribution in [1.82, 2.24) is 0 Å². The molecule has 0 aliphatic carbocycles. The van der Waals surface area contributed by atoms with Crippen molar-refractivity contribution in [3.8, 4) is 0 Å². The number of halogens is 1. The van der Waals surface area contributed by atoms with Crippen molar-refractivity contribution in [2.75, 3.05) is 14.2 Å². The van der Waals surface area contributed by atoms with Crippen LogP contribution in [0.3, 0.4) is 0 Å². The summed E-state index contributed by atoms with van der Waals surface area (Å²) in [5, 5.41) is 17.9. The molecule has 0 spiro atoms. The normalized spacial score (nSPS) is 7.76. The maximum atomic E-state index is 11.2. The Morgan fingerprint density at radius 3 is 1.96 bits per heavy atom. The minimum atomic E-state index is -0.433. The van der Waals surface area contributed by atoms with Crippen molar-refractivity contribution in [1.29, 1.82) is 0 Å². The van der Waals surface area contributed by atoms with Crippen molar-refractivity contribution in [3.63, 3.8) is 0 Å². The van der Waals surface area contributed by atoms with Gasteiger partial charge in [0.05, 0.1) is 18.5 Å². The molecule has 1 aromatic rings. The molecule has 6 nitrogen and oxygen atoms in total. The monoisotopic (exact) mass is 421 g/mol. The number of rotatable bonds is 3. The molecule has 0 aromatic heterocycles. The standard InChI is InChI=1S/C11H12BrNO4.2C2H6.C2H4.CH4O/c1-6-4-9(12)8(5-10(14)17-3)7(2)11(6)13(15)16;4*1-2/h4H,5H2,1-3H3;2*1-2H3;1-2H2;2H,1H3. The predicted octanol–water partition coefficient (Wildman–Crippen LogP) is 5.15. The highest BCUT2D eigenvalue weighted by Crippen LogP contribution is 2.32. The molecule has 146 valence electrons. The first-order valence-electron chi connectivity index (χ1n) is 7.83. The third kappa shape index (κ3) is 11.4. The SMILES string of the molecule is C=C.CC.CC.CO.COC(=O)Cc1c(Br)cc(C)c([N+](=O)[O-])c1C. The molecule has 0 atom stereocenters. The van der Waals surface area contributed by atoms with Gasteiger partial charge in [0, 0.05) is 22.7 Å². The van der Waals surface area contributed by atoms with E-state index in [9.17, 15) is 14.9 Å². The average Bonchev–Trinajstić information content (AvgIpc) is 2.64. The zero-order valence-electron chi connectivity index (χ0n) is 16.6. The Morgan fingerprint density at radius 1 is 1.24 bits per heavy atom. The lowest BCUT2D eigenvalue weighted by Gasteiger charge is -2.10. The van der Waals surface area contributed by atoms with Crippen LogP contribution in [0.25, 0.3) is 0 Å². The lowest BCUT2D eigenvalue weighted by molar-refractivity contribution is -0.386. The van der Waals surface area contributed by atoms with Gasteiger partial charge in [-0.2, -0.15) is 0 Å². The first kappa shape index (κ1) is 31.1. The Labute approximate surface area is 160 Å². The number of aryl methyl sites for hydroxylation is 1. The number of hydrogen-bond acceptors (Lipinski definition) is 5. The van der Waals surface area contributed by atoms with Gasteiger partial charge < -0.3 is 9.84 Å². The molecule has 1 N–H and O–H groups in total. The number of methoxy groups -OCH3 is 1. The number of nitro groups is 1. The van der Waals surface area contributed by atoms with Crippen LogP contribution in [0.5, 0.6) is 0 Å². The number of ether oxygens (including phenoxy) is 1. The quantitative estimate of drug-likeness (QED) is 0.315. The van der Waals surface area contributed by atoms with Gasteiger partial charge in [0.15, 0.2) is 0 Å². The molecule has 0 amide bonds.